The van der Waals surface area contributed by atoms with Gasteiger partial charge in [-0.3, -0.25) is 0 Å². The molecule has 70 valence electrons. The van der Waals surface area contributed by atoms with Gasteiger partial charge in [0.25, 0.3) is 0 Å². The van der Waals surface area contributed by atoms with E-state index in [1.807, 2.05) is 0 Å². The first-order valence-corrected chi connectivity index (χ1v) is 5.12. The van der Waals surface area contributed by atoms with Crippen LogP contribution >= 0.6 is 0 Å². The predicted molar refractivity (Wildman–Crippen MR) is 59.6 cm³/mol. The maximum Gasteiger partial charge on any atom is -0.0166 e. The van der Waals surface area contributed by atoms with E-state index in [1.54, 1.807) is 0 Å². The monoisotopic (exact) mass is 174 g/mol. The van der Waals surface area contributed by atoms with E-state index in [-0.39, 0.29) is 0 Å². The Balaban J connectivity index is 2.38. The molecular weight excluding hydrogens is 156 g/mol. The largest absolute Gasteiger partial charge is 0.0882 e. The summed E-state index contributed by atoms with van der Waals surface area (Å²) in [7, 11) is 0. The number of hydrogen-bond acceptors (Lipinski definition) is 0. The van der Waals surface area contributed by atoms with Crippen molar-refractivity contribution in [3.8, 4) is 0 Å². The van der Waals surface area contributed by atoms with Crippen molar-refractivity contribution in [1.82, 2.24) is 0 Å². The van der Waals surface area contributed by atoms with Crippen molar-refractivity contribution < 1.29 is 0 Å². The van der Waals surface area contributed by atoms with Gasteiger partial charge in [0.2, 0.25) is 0 Å². The molecule has 1 aliphatic rings. The van der Waals surface area contributed by atoms with Crippen molar-refractivity contribution >= 4 is 0 Å². The highest BCUT2D eigenvalue weighted by molar-refractivity contribution is 5.06. The maximum absolute atomic E-state index is 2.28. The van der Waals surface area contributed by atoms with Crippen LogP contribution in [0.3, 0.4) is 0 Å². The van der Waals surface area contributed by atoms with Crippen LogP contribution in [0.25, 0.3) is 0 Å². The van der Waals surface area contributed by atoms with E-state index in [4.69, 9.17) is 0 Å². The highest BCUT2D eigenvalue weighted by atomic mass is 13.9. The summed E-state index contributed by atoms with van der Waals surface area (Å²) in [5.74, 6) is 0. The van der Waals surface area contributed by atoms with Gasteiger partial charge >= 0.3 is 0 Å². The topological polar surface area (TPSA) is 0 Å². The Labute approximate surface area is 81.4 Å². The normalized spacial score (nSPS) is 26.5. The average molecular weight is 174 g/mol. The fourth-order valence-electron chi connectivity index (χ4n) is 1.25. The second-order valence-electron chi connectivity index (χ2n) is 3.20. The summed E-state index contributed by atoms with van der Waals surface area (Å²) in [6.45, 7) is 0. The Morgan fingerprint density at radius 2 is 1.15 bits per heavy atom. The smallest absolute Gasteiger partial charge is 0.0166 e. The molecule has 0 atom stereocenters. The molecule has 0 heteroatoms. The zero-order chi connectivity index (χ0) is 9.19. The highest BCUT2D eigenvalue weighted by Gasteiger charge is 1.80. The molecule has 0 aromatic rings. The van der Waals surface area contributed by atoms with Crippen molar-refractivity contribution in [2.75, 3.05) is 0 Å². The minimum atomic E-state index is 1.05. The number of allylic oxidation sites excluding steroid dienone is 8. The van der Waals surface area contributed by atoms with E-state index in [1.165, 1.54) is 19.3 Å². The minimum Gasteiger partial charge on any atom is -0.0882 e. The second kappa shape index (κ2) is 7.60. The van der Waals surface area contributed by atoms with Gasteiger partial charge in [0.05, 0.1) is 0 Å². The van der Waals surface area contributed by atoms with Gasteiger partial charge in [-0.1, -0.05) is 48.6 Å². The molecule has 0 aromatic heterocycles. The fraction of sp³-hybridized carbons (Fsp3) is 0.385. The molecule has 0 unspecified atom stereocenters. The molecule has 0 nitrogen and oxygen atoms in total. The van der Waals surface area contributed by atoms with Gasteiger partial charge in [-0.25, -0.2) is 0 Å². The van der Waals surface area contributed by atoms with Crippen LogP contribution in [0.4, 0.5) is 0 Å². The third kappa shape index (κ3) is 6.15. The maximum atomic E-state index is 2.28. The van der Waals surface area contributed by atoms with Crippen molar-refractivity contribution in [3.05, 3.63) is 48.6 Å². The van der Waals surface area contributed by atoms with Gasteiger partial charge in [-0.2, -0.15) is 0 Å². The van der Waals surface area contributed by atoms with E-state index in [2.05, 4.69) is 48.6 Å². The van der Waals surface area contributed by atoms with E-state index in [0.717, 1.165) is 12.8 Å². The van der Waals surface area contributed by atoms with Crippen LogP contribution in [0.5, 0.6) is 0 Å². The summed E-state index contributed by atoms with van der Waals surface area (Å²) in [6.07, 6.45) is 23.5. The summed E-state index contributed by atoms with van der Waals surface area (Å²) in [5.41, 5.74) is 0. The molecule has 0 bridgehead atoms. The van der Waals surface area contributed by atoms with Gasteiger partial charge in [-0.05, 0) is 32.1 Å². The quantitative estimate of drug-likeness (QED) is 0.483. The lowest BCUT2D eigenvalue weighted by molar-refractivity contribution is 0.866. The number of hydrogen-bond donors (Lipinski definition) is 0. The molecule has 0 radical (unpaired) electrons. The Hall–Kier alpha value is -1.04. The summed E-state index contributed by atoms with van der Waals surface area (Å²) in [5, 5.41) is 0. The molecule has 1 rings (SSSR count). The van der Waals surface area contributed by atoms with Gasteiger partial charge in [0.15, 0.2) is 0 Å². The molecule has 0 heterocycles. The lowest BCUT2D eigenvalue weighted by Crippen LogP contribution is -1.68. The Morgan fingerprint density at radius 1 is 0.538 bits per heavy atom. The molecular formula is C13H18. The molecule has 0 saturated heterocycles. The molecule has 0 aliphatic heterocycles. The Morgan fingerprint density at radius 3 is 2.08 bits per heavy atom. The van der Waals surface area contributed by atoms with Crippen molar-refractivity contribution in [1.29, 1.82) is 0 Å². The molecule has 0 saturated carbocycles. The van der Waals surface area contributed by atoms with Crippen LogP contribution in [0.2, 0.25) is 0 Å². The van der Waals surface area contributed by atoms with Gasteiger partial charge in [0.1, 0.15) is 0 Å². The van der Waals surface area contributed by atoms with Crippen LogP contribution < -0.4 is 0 Å². The van der Waals surface area contributed by atoms with Crippen LogP contribution in [-0.2, 0) is 0 Å². The first-order chi connectivity index (χ1) is 6.50. The van der Waals surface area contributed by atoms with Crippen molar-refractivity contribution in [2.45, 2.75) is 32.1 Å². The summed E-state index contributed by atoms with van der Waals surface area (Å²) in [4.78, 5) is 0. The molecule has 0 spiro atoms. The van der Waals surface area contributed by atoms with Gasteiger partial charge < -0.3 is 0 Å². The minimum absolute atomic E-state index is 1.05. The van der Waals surface area contributed by atoms with Crippen LogP contribution in [0, 0.1) is 0 Å². The molecule has 1 aliphatic carbocycles. The third-order valence-corrected chi connectivity index (χ3v) is 2.00. The second-order valence-corrected chi connectivity index (χ2v) is 3.20. The lowest BCUT2D eigenvalue weighted by Gasteiger charge is -1.88. The summed E-state index contributed by atoms with van der Waals surface area (Å²) < 4.78 is 0. The van der Waals surface area contributed by atoms with Gasteiger partial charge in [-0.15, -0.1) is 0 Å². The Kier molecular flexibility index (Phi) is 5.87. The lowest BCUT2D eigenvalue weighted by atomic mass is 10.2. The summed E-state index contributed by atoms with van der Waals surface area (Å²) in [6, 6.07) is 0. The van der Waals surface area contributed by atoms with E-state index >= 15 is 0 Å². The first kappa shape index (κ1) is 10.0. The predicted octanol–water partition coefficient (Wildman–Crippen LogP) is 4.18. The standard InChI is InChI=1S/C13H18/c1-2-4-6-8-10-12-13-11-9-7-5-3-1/h1-4,7,9,12-13H,5-6,8,10-11H2/b3-1+,4-2+,9-7?,13-12-. The van der Waals surface area contributed by atoms with Crippen LogP contribution in [0.15, 0.2) is 48.6 Å². The molecule has 0 fully saturated rings. The zero-order valence-electron chi connectivity index (χ0n) is 8.15. The fourth-order valence-corrected chi connectivity index (χ4v) is 1.25. The van der Waals surface area contributed by atoms with Gasteiger partial charge in [0, 0.05) is 0 Å². The number of rotatable bonds is 0. The zero-order valence-corrected chi connectivity index (χ0v) is 8.15. The molecule has 0 amide bonds. The molecule has 0 aromatic carbocycles. The van der Waals surface area contributed by atoms with Crippen molar-refractivity contribution in [3.63, 3.8) is 0 Å². The Bertz CT molecular complexity index is 216. The first-order valence-electron chi connectivity index (χ1n) is 5.12. The van der Waals surface area contributed by atoms with E-state index < -0.39 is 0 Å². The summed E-state index contributed by atoms with van der Waals surface area (Å²) >= 11 is 0. The average Bonchev–Trinajstić information content (AvgIpc) is 2.18. The van der Waals surface area contributed by atoms with E-state index in [9.17, 15) is 0 Å². The SMILES string of the molecule is C1=CC/C=C/C=C/CCC/C=C\C1. The highest BCUT2D eigenvalue weighted by Crippen LogP contribution is 2.01. The van der Waals surface area contributed by atoms with Crippen LogP contribution in [0.1, 0.15) is 32.1 Å². The molecule has 13 heavy (non-hydrogen) atoms. The molecule has 0 N–H and O–H groups in total. The van der Waals surface area contributed by atoms with Crippen molar-refractivity contribution in [2.24, 2.45) is 0 Å². The third-order valence-electron chi connectivity index (χ3n) is 2.00. The van der Waals surface area contributed by atoms with Crippen LogP contribution in [-0.4, -0.2) is 0 Å². The van der Waals surface area contributed by atoms with E-state index in [0.29, 0.717) is 0 Å².